The third-order valence-electron chi connectivity index (χ3n) is 7.70. The van der Waals surface area contributed by atoms with Crippen LogP contribution in [0.25, 0.3) is 17.0 Å². The Morgan fingerprint density at radius 3 is 2.61 bits per heavy atom. The summed E-state index contributed by atoms with van der Waals surface area (Å²) in [6.07, 6.45) is 16.5. The van der Waals surface area contributed by atoms with Gasteiger partial charge < -0.3 is 14.8 Å². The predicted octanol–water partition coefficient (Wildman–Crippen LogP) is 6.79. The summed E-state index contributed by atoms with van der Waals surface area (Å²) < 4.78 is 5.60. The van der Waals surface area contributed by atoms with Gasteiger partial charge in [-0.25, -0.2) is 4.98 Å². The summed E-state index contributed by atoms with van der Waals surface area (Å²) >= 11 is 0. The topological polar surface area (TPSA) is 92.4 Å². The number of carbonyl (C=O) groups excluding carboxylic acids is 1. The monoisotopic (exact) mass is 490 g/mol. The number of benzene rings is 1. The minimum atomic E-state index is -0.821. The minimum absolute atomic E-state index is 0.0257. The Labute approximate surface area is 213 Å². The Hall–Kier alpha value is -3.15. The second-order valence-corrected chi connectivity index (χ2v) is 10.1. The van der Waals surface area contributed by atoms with Gasteiger partial charge in [-0.05, 0) is 60.5 Å². The number of nitrogens with one attached hydrogen (secondary N) is 1. The number of hydrogen-bond donors (Lipinski definition) is 2. The van der Waals surface area contributed by atoms with Gasteiger partial charge in [-0.1, -0.05) is 69.2 Å². The summed E-state index contributed by atoms with van der Waals surface area (Å²) in [5.74, 6) is 0.241. The van der Waals surface area contributed by atoms with E-state index in [1.54, 1.807) is 12.5 Å². The highest BCUT2D eigenvalue weighted by Crippen LogP contribution is 2.42. The molecule has 1 unspecified atom stereocenters. The van der Waals surface area contributed by atoms with E-state index in [9.17, 15) is 14.7 Å². The lowest BCUT2D eigenvalue weighted by molar-refractivity contribution is -0.137. The van der Waals surface area contributed by atoms with E-state index < -0.39 is 5.97 Å². The number of oxazole rings is 1. The molecule has 1 heterocycles. The van der Waals surface area contributed by atoms with Crippen molar-refractivity contribution in [2.45, 2.75) is 77.6 Å². The van der Waals surface area contributed by atoms with Crippen molar-refractivity contribution in [2.24, 2.45) is 11.8 Å². The van der Waals surface area contributed by atoms with Crippen LogP contribution in [0, 0.1) is 11.8 Å². The number of aliphatic carboxylic acids is 1. The molecule has 4 rings (SSSR count). The molecule has 2 aliphatic carbocycles. The second-order valence-electron chi connectivity index (χ2n) is 10.1. The molecule has 2 aromatic rings. The van der Waals surface area contributed by atoms with Crippen LogP contribution in [-0.4, -0.2) is 28.5 Å². The van der Waals surface area contributed by atoms with Crippen LogP contribution >= 0.6 is 0 Å². The number of nitrogens with zero attached hydrogens (tertiary/aromatic N) is 1. The molecule has 192 valence electrons. The van der Waals surface area contributed by atoms with Gasteiger partial charge >= 0.3 is 5.97 Å². The SMILES string of the molecule is CC1=C(c2ccccc2-c2ncco2)C(C(=O)NCCCCC2CCCCC2)CC=C1CCC(=O)O. The van der Waals surface area contributed by atoms with Crippen LogP contribution < -0.4 is 5.32 Å². The molecule has 0 bridgehead atoms. The maximum absolute atomic E-state index is 13.5. The Morgan fingerprint density at radius 1 is 1.11 bits per heavy atom. The second kappa shape index (κ2) is 12.7. The molecule has 0 aliphatic heterocycles. The lowest BCUT2D eigenvalue weighted by atomic mass is 9.77. The molecule has 1 amide bonds. The normalized spacial score (nSPS) is 18.7. The smallest absolute Gasteiger partial charge is 0.303 e. The fourth-order valence-corrected chi connectivity index (χ4v) is 5.75. The number of unbranched alkanes of at least 4 members (excludes halogenated alkanes) is 1. The molecule has 2 aliphatic rings. The summed E-state index contributed by atoms with van der Waals surface area (Å²) in [4.78, 5) is 29.0. The molecule has 6 nitrogen and oxygen atoms in total. The molecule has 2 N–H and O–H groups in total. The Kier molecular flexibility index (Phi) is 9.15. The van der Waals surface area contributed by atoms with E-state index in [0.717, 1.165) is 46.6 Å². The average Bonchev–Trinajstić information content (AvgIpc) is 3.43. The van der Waals surface area contributed by atoms with Crippen LogP contribution in [-0.2, 0) is 9.59 Å². The van der Waals surface area contributed by atoms with E-state index in [4.69, 9.17) is 4.42 Å². The van der Waals surface area contributed by atoms with Gasteiger partial charge in [0.25, 0.3) is 0 Å². The highest BCUT2D eigenvalue weighted by atomic mass is 16.4. The van der Waals surface area contributed by atoms with Crippen molar-refractivity contribution >= 4 is 17.4 Å². The highest BCUT2D eigenvalue weighted by Gasteiger charge is 2.31. The fraction of sp³-hybridized carbons (Fsp3) is 0.500. The number of carboxylic acids is 1. The van der Waals surface area contributed by atoms with Gasteiger partial charge in [0.2, 0.25) is 11.8 Å². The molecule has 1 aromatic carbocycles. The van der Waals surface area contributed by atoms with E-state index in [2.05, 4.69) is 10.3 Å². The molecule has 0 spiro atoms. The maximum Gasteiger partial charge on any atom is 0.303 e. The predicted molar refractivity (Wildman–Crippen MR) is 141 cm³/mol. The lowest BCUT2D eigenvalue weighted by Crippen LogP contribution is -2.33. The van der Waals surface area contributed by atoms with Crippen LogP contribution in [0.5, 0.6) is 0 Å². The van der Waals surface area contributed by atoms with Crippen LogP contribution in [0.15, 0.2) is 58.4 Å². The molecule has 1 atom stereocenters. The molecule has 1 saturated carbocycles. The van der Waals surface area contributed by atoms with E-state index in [-0.39, 0.29) is 18.2 Å². The summed E-state index contributed by atoms with van der Waals surface area (Å²) in [6, 6.07) is 7.85. The number of amides is 1. The molecule has 1 aromatic heterocycles. The number of aromatic nitrogens is 1. The van der Waals surface area contributed by atoms with Crippen LogP contribution in [0.2, 0.25) is 0 Å². The van der Waals surface area contributed by atoms with Crippen molar-refractivity contribution < 1.29 is 19.1 Å². The largest absolute Gasteiger partial charge is 0.481 e. The van der Waals surface area contributed by atoms with Gasteiger partial charge in [0, 0.05) is 18.5 Å². The first-order valence-corrected chi connectivity index (χ1v) is 13.4. The summed E-state index contributed by atoms with van der Waals surface area (Å²) in [6.45, 7) is 2.68. The quantitative estimate of drug-likeness (QED) is 0.338. The molecule has 0 saturated heterocycles. The molecule has 1 fully saturated rings. The Balaban J connectivity index is 1.50. The first kappa shape index (κ1) is 25.9. The highest BCUT2D eigenvalue weighted by molar-refractivity contribution is 5.97. The number of carboxylic acid groups (broad SMARTS) is 1. The van der Waals surface area contributed by atoms with Gasteiger partial charge in [0.15, 0.2) is 0 Å². The molecule has 36 heavy (non-hydrogen) atoms. The first-order chi connectivity index (χ1) is 17.5. The van der Waals surface area contributed by atoms with Crippen LogP contribution in [0.1, 0.15) is 83.1 Å². The van der Waals surface area contributed by atoms with Gasteiger partial charge in [-0.2, -0.15) is 0 Å². The first-order valence-electron chi connectivity index (χ1n) is 13.4. The standard InChI is InChI=1S/C30H38N2O4/c1-21-23(15-17-27(33)34)14-16-26(29(35)31-18-8-7-11-22-9-3-2-4-10-22)28(21)24-12-5-6-13-25(24)30-32-19-20-36-30/h5-6,12-14,19-20,22,26H,2-4,7-11,15-18H2,1H3,(H,31,35)(H,33,34). The third-order valence-corrected chi connectivity index (χ3v) is 7.70. The van der Waals surface area contributed by atoms with Crippen molar-refractivity contribution in [2.75, 3.05) is 6.54 Å². The molecule has 6 heteroatoms. The van der Waals surface area contributed by atoms with E-state index in [1.165, 1.54) is 38.5 Å². The van der Waals surface area contributed by atoms with Gasteiger partial charge in [-0.3, -0.25) is 9.59 Å². The number of carbonyl (C=O) groups is 2. The Bertz CT molecular complexity index is 1090. The van der Waals surface area contributed by atoms with Crippen molar-refractivity contribution in [1.29, 1.82) is 0 Å². The van der Waals surface area contributed by atoms with Crippen LogP contribution in [0.4, 0.5) is 0 Å². The van der Waals surface area contributed by atoms with Crippen molar-refractivity contribution in [1.82, 2.24) is 10.3 Å². The fourth-order valence-electron chi connectivity index (χ4n) is 5.75. The summed E-state index contributed by atoms with van der Waals surface area (Å²) in [5.41, 5.74) is 4.65. The van der Waals surface area contributed by atoms with Gasteiger partial charge in [0.05, 0.1) is 12.1 Å². The molecular weight excluding hydrogens is 452 g/mol. The number of rotatable bonds is 11. The average molecular weight is 491 g/mol. The number of allylic oxidation sites excluding steroid dienone is 3. The molecular formula is C30H38N2O4. The van der Waals surface area contributed by atoms with E-state index in [0.29, 0.717) is 25.3 Å². The third kappa shape index (κ3) is 6.54. The maximum atomic E-state index is 13.5. The molecule has 0 radical (unpaired) electrons. The van der Waals surface area contributed by atoms with Gasteiger partial charge in [0.1, 0.15) is 6.26 Å². The summed E-state index contributed by atoms with van der Waals surface area (Å²) in [7, 11) is 0. The van der Waals surface area contributed by atoms with E-state index in [1.807, 2.05) is 37.3 Å². The summed E-state index contributed by atoms with van der Waals surface area (Å²) in [5, 5.41) is 12.4. The lowest BCUT2D eigenvalue weighted by Gasteiger charge is -2.28. The Morgan fingerprint density at radius 2 is 1.89 bits per heavy atom. The van der Waals surface area contributed by atoms with E-state index >= 15 is 0 Å². The zero-order valence-corrected chi connectivity index (χ0v) is 21.3. The van der Waals surface area contributed by atoms with Crippen molar-refractivity contribution in [3.63, 3.8) is 0 Å². The van der Waals surface area contributed by atoms with Gasteiger partial charge in [-0.15, -0.1) is 0 Å². The van der Waals surface area contributed by atoms with Crippen LogP contribution in [0.3, 0.4) is 0 Å². The zero-order valence-electron chi connectivity index (χ0n) is 21.3. The number of hydrogen-bond acceptors (Lipinski definition) is 4. The van der Waals surface area contributed by atoms with Crippen molar-refractivity contribution in [3.05, 3.63) is 59.5 Å². The zero-order chi connectivity index (χ0) is 25.3. The van der Waals surface area contributed by atoms with Crippen molar-refractivity contribution in [3.8, 4) is 11.5 Å². The minimum Gasteiger partial charge on any atom is -0.481 e.